The van der Waals surface area contributed by atoms with Crippen molar-refractivity contribution in [3.8, 4) is 0 Å². The van der Waals surface area contributed by atoms with E-state index in [0.29, 0.717) is 10.0 Å². The molecule has 1 N–H and O–H groups in total. The summed E-state index contributed by atoms with van der Waals surface area (Å²) in [6.07, 6.45) is 3.08. The molecule has 27 heavy (non-hydrogen) atoms. The molecule has 3 rings (SSSR count). The molecule has 0 heterocycles. The number of benzene rings is 3. The zero-order valence-electron chi connectivity index (χ0n) is 15.4. The molecule has 0 unspecified atom stereocenters. The van der Waals surface area contributed by atoms with E-state index >= 15 is 0 Å². The minimum absolute atomic E-state index is 0.607. The Balaban J connectivity index is 1.54. The summed E-state index contributed by atoms with van der Waals surface area (Å²) in [4.78, 5) is 0. The summed E-state index contributed by atoms with van der Waals surface area (Å²) < 4.78 is 0. The van der Waals surface area contributed by atoms with Gasteiger partial charge in [0.05, 0.1) is 10.0 Å². The normalized spacial score (nSPS) is 10.6. The first kappa shape index (κ1) is 19.5. The van der Waals surface area contributed by atoms with Crippen molar-refractivity contribution in [2.75, 3.05) is 5.32 Å². The second kappa shape index (κ2) is 9.12. The van der Waals surface area contributed by atoms with Crippen molar-refractivity contribution in [2.45, 2.75) is 26.2 Å². The van der Waals surface area contributed by atoms with Crippen LogP contribution in [0.15, 0.2) is 73.3 Å². The van der Waals surface area contributed by atoms with Gasteiger partial charge in [-0.15, -0.1) is 0 Å². The highest BCUT2D eigenvalue weighted by atomic mass is 35.5. The van der Waals surface area contributed by atoms with Crippen molar-refractivity contribution in [1.29, 1.82) is 0 Å². The number of aryl methyl sites for hydroxylation is 3. The maximum Gasteiger partial charge on any atom is 0.0595 e. The van der Waals surface area contributed by atoms with Gasteiger partial charge in [0.2, 0.25) is 0 Å². The lowest BCUT2D eigenvalue weighted by atomic mass is 10.0. The zero-order valence-corrected chi connectivity index (χ0v) is 16.9. The molecule has 0 saturated carbocycles. The Bertz CT molecular complexity index is 929. The van der Waals surface area contributed by atoms with E-state index in [1.54, 1.807) is 0 Å². The third-order valence-electron chi connectivity index (χ3n) is 4.65. The van der Waals surface area contributed by atoms with Crippen LogP contribution in [0.4, 0.5) is 5.69 Å². The van der Waals surface area contributed by atoms with E-state index in [-0.39, 0.29) is 0 Å². The van der Waals surface area contributed by atoms with Gasteiger partial charge in [-0.3, -0.25) is 0 Å². The van der Waals surface area contributed by atoms with Crippen molar-refractivity contribution in [3.63, 3.8) is 0 Å². The van der Waals surface area contributed by atoms with Crippen LogP contribution in [-0.2, 0) is 12.8 Å². The van der Waals surface area contributed by atoms with Crippen LogP contribution in [0.25, 0.3) is 5.70 Å². The molecule has 0 aromatic heterocycles. The van der Waals surface area contributed by atoms with Crippen molar-refractivity contribution in [2.24, 2.45) is 0 Å². The molecule has 0 radical (unpaired) electrons. The third-order valence-corrected chi connectivity index (χ3v) is 5.39. The predicted molar refractivity (Wildman–Crippen MR) is 119 cm³/mol. The Hall–Kier alpha value is -2.22. The summed E-state index contributed by atoms with van der Waals surface area (Å²) in [5.74, 6) is 0. The van der Waals surface area contributed by atoms with Gasteiger partial charge in [-0.2, -0.15) is 0 Å². The van der Waals surface area contributed by atoms with E-state index in [0.717, 1.165) is 36.2 Å². The highest BCUT2D eigenvalue weighted by molar-refractivity contribution is 6.42. The molecule has 0 bridgehead atoms. The van der Waals surface area contributed by atoms with Crippen LogP contribution in [0.2, 0.25) is 10.0 Å². The Morgan fingerprint density at radius 1 is 0.852 bits per heavy atom. The summed E-state index contributed by atoms with van der Waals surface area (Å²) in [5, 5.41) is 4.63. The Morgan fingerprint density at radius 3 is 2.22 bits per heavy atom. The SMILES string of the molecule is C=C(Nc1ccccc1C)c1ccc(CCCc2ccc(Cl)c(Cl)c2)cc1. The topological polar surface area (TPSA) is 12.0 Å². The Kier molecular flexibility index (Phi) is 6.60. The fourth-order valence-corrected chi connectivity index (χ4v) is 3.33. The number of hydrogen-bond acceptors (Lipinski definition) is 1. The molecule has 0 fully saturated rings. The largest absolute Gasteiger partial charge is 0.355 e. The number of halogens is 2. The monoisotopic (exact) mass is 395 g/mol. The number of rotatable bonds is 7. The molecule has 3 aromatic carbocycles. The molecule has 0 aliphatic carbocycles. The standard InChI is InChI=1S/C24H23Cl2N/c1-17-6-3-4-9-24(17)27-18(2)21-13-10-19(11-14-21)7-5-8-20-12-15-22(25)23(26)16-20/h3-4,6,9-16,27H,2,5,7-8H2,1H3. The predicted octanol–water partition coefficient (Wildman–Crippen LogP) is 7.56. The van der Waals surface area contributed by atoms with Gasteiger partial charge in [-0.1, -0.05) is 78.3 Å². The summed E-state index contributed by atoms with van der Waals surface area (Å²) in [7, 11) is 0. The van der Waals surface area contributed by atoms with Crippen LogP contribution < -0.4 is 5.32 Å². The van der Waals surface area contributed by atoms with E-state index < -0.39 is 0 Å². The first-order chi connectivity index (χ1) is 13.0. The lowest BCUT2D eigenvalue weighted by Crippen LogP contribution is -1.99. The third kappa shape index (κ3) is 5.38. The van der Waals surface area contributed by atoms with Crippen LogP contribution in [0.1, 0.15) is 28.7 Å². The van der Waals surface area contributed by atoms with E-state index in [9.17, 15) is 0 Å². The molecule has 0 aliphatic rings. The molecule has 0 spiro atoms. The van der Waals surface area contributed by atoms with Gasteiger partial charge in [0.15, 0.2) is 0 Å². The van der Waals surface area contributed by atoms with Crippen molar-refractivity contribution >= 4 is 34.6 Å². The first-order valence-electron chi connectivity index (χ1n) is 9.08. The highest BCUT2D eigenvalue weighted by Gasteiger charge is 2.03. The highest BCUT2D eigenvalue weighted by Crippen LogP contribution is 2.24. The van der Waals surface area contributed by atoms with Gasteiger partial charge < -0.3 is 5.32 Å². The van der Waals surface area contributed by atoms with Gasteiger partial charge in [0, 0.05) is 11.4 Å². The van der Waals surface area contributed by atoms with Crippen molar-refractivity contribution in [1.82, 2.24) is 0 Å². The number of anilines is 1. The molecular weight excluding hydrogens is 373 g/mol. The molecule has 3 aromatic rings. The van der Waals surface area contributed by atoms with Gasteiger partial charge in [0.1, 0.15) is 0 Å². The molecule has 0 saturated heterocycles. The summed E-state index contributed by atoms with van der Waals surface area (Å²) in [6, 6.07) is 22.7. The maximum atomic E-state index is 6.08. The lowest BCUT2D eigenvalue weighted by Gasteiger charge is -2.12. The smallest absolute Gasteiger partial charge is 0.0595 e. The van der Waals surface area contributed by atoms with Crippen LogP contribution in [0.3, 0.4) is 0 Å². The quantitative estimate of drug-likeness (QED) is 0.434. The van der Waals surface area contributed by atoms with E-state index in [1.165, 1.54) is 16.7 Å². The fourth-order valence-electron chi connectivity index (χ4n) is 3.01. The number of hydrogen-bond donors (Lipinski definition) is 1. The molecule has 0 amide bonds. The minimum Gasteiger partial charge on any atom is -0.355 e. The molecular formula is C24H23Cl2N. The zero-order chi connectivity index (χ0) is 19.2. The minimum atomic E-state index is 0.607. The van der Waals surface area contributed by atoms with Crippen LogP contribution in [0.5, 0.6) is 0 Å². The van der Waals surface area contributed by atoms with Crippen LogP contribution in [0, 0.1) is 6.92 Å². The second-order valence-electron chi connectivity index (χ2n) is 6.72. The second-order valence-corrected chi connectivity index (χ2v) is 7.53. The Morgan fingerprint density at radius 2 is 1.52 bits per heavy atom. The van der Waals surface area contributed by atoms with Gasteiger partial charge in [0.25, 0.3) is 0 Å². The van der Waals surface area contributed by atoms with Gasteiger partial charge in [-0.25, -0.2) is 0 Å². The lowest BCUT2D eigenvalue weighted by molar-refractivity contribution is 0.820. The van der Waals surface area contributed by atoms with Crippen molar-refractivity contribution in [3.05, 3.63) is 106 Å². The summed E-state index contributed by atoms with van der Waals surface area (Å²) in [6.45, 7) is 6.26. The van der Waals surface area contributed by atoms with E-state index in [1.807, 2.05) is 30.3 Å². The average molecular weight is 396 g/mol. The fraction of sp³-hybridized carbons (Fsp3) is 0.167. The van der Waals surface area contributed by atoms with Crippen molar-refractivity contribution < 1.29 is 0 Å². The van der Waals surface area contributed by atoms with Gasteiger partial charge >= 0.3 is 0 Å². The summed E-state index contributed by atoms with van der Waals surface area (Å²) in [5.41, 5.74) is 6.85. The molecule has 0 aliphatic heterocycles. The summed E-state index contributed by atoms with van der Waals surface area (Å²) >= 11 is 12.0. The van der Waals surface area contributed by atoms with Crippen LogP contribution in [-0.4, -0.2) is 0 Å². The molecule has 0 atom stereocenters. The molecule has 1 nitrogen and oxygen atoms in total. The molecule has 138 valence electrons. The van der Waals surface area contributed by atoms with E-state index in [4.69, 9.17) is 23.2 Å². The van der Waals surface area contributed by atoms with Gasteiger partial charge in [-0.05, 0) is 66.6 Å². The van der Waals surface area contributed by atoms with E-state index in [2.05, 4.69) is 55.2 Å². The first-order valence-corrected chi connectivity index (χ1v) is 9.83. The average Bonchev–Trinajstić information content (AvgIpc) is 2.67. The number of nitrogens with one attached hydrogen (secondary N) is 1. The number of para-hydroxylation sites is 1. The Labute approximate surface area is 171 Å². The maximum absolute atomic E-state index is 6.08. The molecule has 3 heteroatoms. The van der Waals surface area contributed by atoms with Crippen LogP contribution >= 0.6 is 23.2 Å².